The fourth-order valence-electron chi connectivity index (χ4n) is 2.98. The number of aliphatic imine (C=N–C) groups is 1. The van der Waals surface area contributed by atoms with Gasteiger partial charge in [0.1, 0.15) is 0 Å². The van der Waals surface area contributed by atoms with Crippen LogP contribution in [-0.2, 0) is 7.05 Å². The number of amides is 1. The van der Waals surface area contributed by atoms with Gasteiger partial charge in [-0.15, -0.1) is 0 Å². The van der Waals surface area contributed by atoms with Crippen molar-refractivity contribution in [3.05, 3.63) is 53.3 Å². The maximum atomic E-state index is 12.0. The van der Waals surface area contributed by atoms with Crippen molar-refractivity contribution in [2.75, 3.05) is 0 Å². The Bertz CT molecular complexity index is 980. The molecule has 0 aliphatic carbocycles. The zero-order valence-electron chi connectivity index (χ0n) is 13.9. The summed E-state index contributed by atoms with van der Waals surface area (Å²) in [6.07, 6.45) is 0. The van der Waals surface area contributed by atoms with Gasteiger partial charge in [0, 0.05) is 23.9 Å². The standard InChI is InChI=1S/C18H19N5O/c1-10-16(11(2)23(3)22-10)15-6-4-5-12-9-13(7-8-14(12)15)17(24)21-18(19)20/h4-9H,1-3H3,(H4,19,20,21,24). The van der Waals surface area contributed by atoms with Crippen LogP contribution in [0.3, 0.4) is 0 Å². The number of nitrogens with zero attached hydrogens (tertiary/aromatic N) is 3. The summed E-state index contributed by atoms with van der Waals surface area (Å²) in [5.74, 6) is -0.688. The molecule has 3 aromatic rings. The molecular weight excluding hydrogens is 302 g/mol. The Labute approximate surface area is 139 Å². The number of fused-ring (bicyclic) bond motifs is 1. The minimum atomic E-state index is -0.448. The second kappa shape index (κ2) is 5.81. The molecule has 0 radical (unpaired) electrons. The Morgan fingerprint density at radius 1 is 1.17 bits per heavy atom. The van der Waals surface area contributed by atoms with E-state index >= 15 is 0 Å². The summed E-state index contributed by atoms with van der Waals surface area (Å²) in [5.41, 5.74) is 15.3. The molecule has 1 aromatic heterocycles. The van der Waals surface area contributed by atoms with Crippen molar-refractivity contribution in [3.63, 3.8) is 0 Å². The van der Waals surface area contributed by atoms with Gasteiger partial charge in [-0.2, -0.15) is 10.1 Å². The van der Waals surface area contributed by atoms with Gasteiger partial charge in [0.2, 0.25) is 0 Å². The third kappa shape index (κ3) is 2.62. The van der Waals surface area contributed by atoms with Crippen molar-refractivity contribution in [2.24, 2.45) is 23.5 Å². The number of benzene rings is 2. The van der Waals surface area contributed by atoms with Crippen LogP contribution < -0.4 is 11.5 Å². The highest BCUT2D eigenvalue weighted by Crippen LogP contribution is 2.33. The predicted octanol–water partition coefficient (Wildman–Crippen LogP) is 2.27. The average Bonchev–Trinajstić information content (AvgIpc) is 2.78. The van der Waals surface area contributed by atoms with Gasteiger partial charge >= 0.3 is 0 Å². The first kappa shape index (κ1) is 15.7. The third-order valence-corrected chi connectivity index (χ3v) is 4.14. The number of nitrogens with two attached hydrogens (primary N) is 2. The summed E-state index contributed by atoms with van der Waals surface area (Å²) in [5, 5.41) is 6.49. The van der Waals surface area contributed by atoms with E-state index in [0.717, 1.165) is 33.3 Å². The van der Waals surface area contributed by atoms with Crippen molar-refractivity contribution in [2.45, 2.75) is 13.8 Å². The number of aromatic nitrogens is 2. The molecule has 0 aliphatic rings. The molecule has 1 amide bonds. The van der Waals surface area contributed by atoms with E-state index in [1.807, 2.05) is 43.8 Å². The first-order valence-electron chi connectivity index (χ1n) is 7.56. The number of hydrogen-bond donors (Lipinski definition) is 2. The van der Waals surface area contributed by atoms with Crippen LogP contribution in [0.1, 0.15) is 21.7 Å². The van der Waals surface area contributed by atoms with Crippen molar-refractivity contribution < 1.29 is 4.79 Å². The highest BCUT2D eigenvalue weighted by atomic mass is 16.1. The number of carbonyl (C=O) groups excluding carboxylic acids is 1. The highest BCUT2D eigenvalue weighted by Gasteiger charge is 2.15. The zero-order valence-corrected chi connectivity index (χ0v) is 13.9. The molecule has 0 fully saturated rings. The van der Waals surface area contributed by atoms with E-state index in [4.69, 9.17) is 11.5 Å². The van der Waals surface area contributed by atoms with Gasteiger partial charge in [-0.1, -0.05) is 24.3 Å². The van der Waals surface area contributed by atoms with Crippen LogP contribution in [0.25, 0.3) is 21.9 Å². The predicted molar refractivity (Wildman–Crippen MR) is 95.8 cm³/mol. The van der Waals surface area contributed by atoms with Gasteiger partial charge in [0.15, 0.2) is 5.96 Å². The summed E-state index contributed by atoms with van der Waals surface area (Å²) < 4.78 is 1.88. The maximum Gasteiger partial charge on any atom is 0.280 e. The van der Waals surface area contributed by atoms with Crippen LogP contribution in [0.2, 0.25) is 0 Å². The lowest BCUT2D eigenvalue weighted by atomic mass is 9.95. The third-order valence-electron chi connectivity index (χ3n) is 4.14. The summed E-state index contributed by atoms with van der Waals surface area (Å²) in [6.45, 7) is 4.04. The first-order chi connectivity index (χ1) is 11.4. The Kier molecular flexibility index (Phi) is 3.81. The van der Waals surface area contributed by atoms with E-state index in [2.05, 4.69) is 16.2 Å². The lowest BCUT2D eigenvalue weighted by molar-refractivity contribution is 0.100. The normalized spacial score (nSPS) is 10.8. The SMILES string of the molecule is Cc1nn(C)c(C)c1-c1cccc2cc(C(=O)N=C(N)N)ccc12. The molecule has 4 N–H and O–H groups in total. The van der Waals surface area contributed by atoms with Crippen LogP contribution in [0.4, 0.5) is 0 Å². The summed E-state index contributed by atoms with van der Waals surface area (Å²) >= 11 is 0. The molecule has 1 heterocycles. The molecule has 0 atom stereocenters. The molecule has 0 saturated heterocycles. The molecular formula is C18H19N5O. The van der Waals surface area contributed by atoms with E-state index in [-0.39, 0.29) is 5.96 Å². The summed E-state index contributed by atoms with van der Waals surface area (Å²) in [7, 11) is 1.93. The van der Waals surface area contributed by atoms with Gasteiger partial charge < -0.3 is 11.5 Å². The Morgan fingerprint density at radius 2 is 1.92 bits per heavy atom. The van der Waals surface area contributed by atoms with Crippen molar-refractivity contribution in [3.8, 4) is 11.1 Å². The number of guanidine groups is 1. The largest absolute Gasteiger partial charge is 0.370 e. The molecule has 122 valence electrons. The lowest BCUT2D eigenvalue weighted by Gasteiger charge is -2.08. The highest BCUT2D eigenvalue weighted by molar-refractivity contribution is 6.06. The Morgan fingerprint density at radius 3 is 2.54 bits per heavy atom. The minimum Gasteiger partial charge on any atom is -0.370 e. The molecule has 0 spiro atoms. The van der Waals surface area contributed by atoms with Gasteiger partial charge in [-0.05, 0) is 42.3 Å². The van der Waals surface area contributed by atoms with E-state index in [1.54, 1.807) is 12.1 Å². The Balaban J connectivity index is 2.19. The molecule has 0 aliphatic heterocycles. The fraction of sp³-hybridized carbons (Fsp3) is 0.167. The minimum absolute atomic E-state index is 0.240. The fourth-order valence-corrected chi connectivity index (χ4v) is 2.98. The Hall–Kier alpha value is -3.15. The van der Waals surface area contributed by atoms with E-state index < -0.39 is 5.91 Å². The maximum absolute atomic E-state index is 12.0. The zero-order chi connectivity index (χ0) is 17.4. The van der Waals surface area contributed by atoms with Gasteiger partial charge in [-0.25, -0.2) is 0 Å². The van der Waals surface area contributed by atoms with E-state index in [9.17, 15) is 4.79 Å². The van der Waals surface area contributed by atoms with Gasteiger partial charge in [-0.3, -0.25) is 9.48 Å². The monoisotopic (exact) mass is 321 g/mol. The number of rotatable bonds is 2. The van der Waals surface area contributed by atoms with Crippen molar-refractivity contribution >= 4 is 22.6 Å². The van der Waals surface area contributed by atoms with Crippen LogP contribution in [0, 0.1) is 13.8 Å². The number of hydrogen-bond acceptors (Lipinski definition) is 2. The van der Waals surface area contributed by atoms with Crippen LogP contribution in [0.5, 0.6) is 0 Å². The molecule has 2 aromatic carbocycles. The second-order valence-corrected chi connectivity index (χ2v) is 5.75. The van der Waals surface area contributed by atoms with Crippen LogP contribution in [0.15, 0.2) is 41.4 Å². The van der Waals surface area contributed by atoms with Gasteiger partial charge in [0.25, 0.3) is 5.91 Å². The van der Waals surface area contributed by atoms with Crippen molar-refractivity contribution in [1.82, 2.24) is 9.78 Å². The molecule has 0 unspecified atom stereocenters. The molecule has 3 rings (SSSR count). The lowest BCUT2D eigenvalue weighted by Crippen LogP contribution is -2.24. The molecule has 6 heteroatoms. The number of carbonyl (C=O) groups is 1. The molecule has 0 saturated carbocycles. The molecule has 24 heavy (non-hydrogen) atoms. The van der Waals surface area contributed by atoms with Crippen LogP contribution in [-0.4, -0.2) is 21.6 Å². The van der Waals surface area contributed by atoms with Gasteiger partial charge in [0.05, 0.1) is 5.69 Å². The van der Waals surface area contributed by atoms with E-state index in [0.29, 0.717) is 5.56 Å². The average molecular weight is 321 g/mol. The summed E-state index contributed by atoms with van der Waals surface area (Å²) in [4.78, 5) is 15.6. The second-order valence-electron chi connectivity index (χ2n) is 5.75. The summed E-state index contributed by atoms with van der Waals surface area (Å²) in [6, 6.07) is 11.5. The molecule has 6 nitrogen and oxygen atoms in total. The smallest absolute Gasteiger partial charge is 0.280 e. The molecule has 0 bridgehead atoms. The topological polar surface area (TPSA) is 99.3 Å². The number of aryl methyl sites for hydroxylation is 2. The first-order valence-corrected chi connectivity index (χ1v) is 7.56. The van der Waals surface area contributed by atoms with Crippen LogP contribution >= 0.6 is 0 Å². The quantitative estimate of drug-likeness (QED) is 0.558. The van der Waals surface area contributed by atoms with E-state index in [1.165, 1.54) is 0 Å². The van der Waals surface area contributed by atoms with Crippen molar-refractivity contribution in [1.29, 1.82) is 0 Å².